The van der Waals surface area contributed by atoms with E-state index in [0.717, 1.165) is 7.11 Å². The summed E-state index contributed by atoms with van der Waals surface area (Å²) in [5.41, 5.74) is 0.227. The fraction of sp³-hybridized carbons (Fsp3) is 0.333. The molecule has 1 heterocycles. The molecule has 0 radical (unpaired) electrons. The van der Waals surface area contributed by atoms with E-state index in [2.05, 4.69) is 9.72 Å². The highest BCUT2D eigenvalue weighted by Gasteiger charge is 2.26. The van der Waals surface area contributed by atoms with Crippen LogP contribution in [0.25, 0.3) is 0 Å². The fourth-order valence-electron chi connectivity index (χ4n) is 0.962. The second-order valence-corrected chi connectivity index (χ2v) is 2.67. The van der Waals surface area contributed by atoms with Crippen molar-refractivity contribution in [2.45, 2.75) is 12.2 Å². The second kappa shape index (κ2) is 4.69. The van der Waals surface area contributed by atoms with Gasteiger partial charge in [0.2, 0.25) is 0 Å². The Balaban J connectivity index is 2.75. The van der Waals surface area contributed by atoms with E-state index in [4.69, 9.17) is 0 Å². The van der Waals surface area contributed by atoms with E-state index in [1.54, 1.807) is 12.1 Å². The van der Waals surface area contributed by atoms with Crippen LogP contribution < -0.4 is 0 Å². The molecule has 2 unspecified atom stereocenters. The third kappa shape index (κ3) is 2.27. The van der Waals surface area contributed by atoms with Gasteiger partial charge in [-0.15, -0.1) is 0 Å². The summed E-state index contributed by atoms with van der Waals surface area (Å²) >= 11 is 0. The lowest BCUT2D eigenvalue weighted by atomic mass is 10.1. The van der Waals surface area contributed by atoms with Crippen molar-refractivity contribution in [2.75, 3.05) is 7.11 Å². The number of esters is 1. The quantitative estimate of drug-likeness (QED) is 0.647. The molecule has 2 atom stereocenters. The zero-order valence-corrected chi connectivity index (χ0v) is 7.62. The normalized spacial score (nSPS) is 14.5. The van der Waals surface area contributed by atoms with E-state index >= 15 is 0 Å². The lowest BCUT2D eigenvalue weighted by Crippen LogP contribution is -2.29. The van der Waals surface area contributed by atoms with E-state index in [0.29, 0.717) is 0 Å². The molecular weight excluding hydrogens is 186 g/mol. The number of nitrogens with zero attached hydrogens (tertiary/aromatic N) is 1. The zero-order valence-electron chi connectivity index (χ0n) is 7.62. The SMILES string of the molecule is COC(=O)C(O)C(O)c1ccccn1. The van der Waals surface area contributed by atoms with Crippen LogP contribution in [-0.2, 0) is 9.53 Å². The number of carbonyl (C=O) groups is 1. The Labute approximate surface area is 81.0 Å². The van der Waals surface area contributed by atoms with Crippen molar-refractivity contribution >= 4 is 5.97 Å². The van der Waals surface area contributed by atoms with Crippen molar-refractivity contribution in [1.82, 2.24) is 4.98 Å². The number of hydrogen-bond acceptors (Lipinski definition) is 5. The highest BCUT2D eigenvalue weighted by atomic mass is 16.5. The van der Waals surface area contributed by atoms with Gasteiger partial charge in [0.1, 0.15) is 6.10 Å². The predicted octanol–water partition coefficient (Wildman–Crippen LogP) is -0.351. The first kappa shape index (κ1) is 10.6. The number of rotatable bonds is 3. The molecule has 14 heavy (non-hydrogen) atoms. The number of aliphatic hydroxyl groups excluding tert-OH is 2. The summed E-state index contributed by atoms with van der Waals surface area (Å²) in [7, 11) is 1.14. The van der Waals surface area contributed by atoms with E-state index in [9.17, 15) is 15.0 Å². The molecule has 1 aromatic heterocycles. The van der Waals surface area contributed by atoms with Gasteiger partial charge in [-0.1, -0.05) is 6.07 Å². The maximum Gasteiger partial charge on any atom is 0.337 e. The Bertz CT molecular complexity index is 301. The van der Waals surface area contributed by atoms with Crippen molar-refractivity contribution in [3.8, 4) is 0 Å². The minimum absolute atomic E-state index is 0.227. The van der Waals surface area contributed by atoms with E-state index in [1.807, 2.05) is 0 Å². The molecule has 0 bridgehead atoms. The standard InChI is InChI=1S/C9H11NO4/c1-14-9(13)8(12)7(11)6-4-2-3-5-10-6/h2-5,7-8,11-12H,1H3. The van der Waals surface area contributed by atoms with Gasteiger partial charge in [-0.3, -0.25) is 4.98 Å². The lowest BCUT2D eigenvalue weighted by molar-refractivity contribution is -0.157. The molecule has 0 saturated heterocycles. The van der Waals surface area contributed by atoms with Crippen molar-refractivity contribution in [1.29, 1.82) is 0 Å². The Hall–Kier alpha value is -1.46. The summed E-state index contributed by atoms with van der Waals surface area (Å²) in [4.78, 5) is 14.7. The molecule has 1 aromatic rings. The topological polar surface area (TPSA) is 79.7 Å². The van der Waals surface area contributed by atoms with Crippen LogP contribution in [0.5, 0.6) is 0 Å². The molecule has 0 fully saturated rings. The second-order valence-electron chi connectivity index (χ2n) is 2.67. The minimum Gasteiger partial charge on any atom is -0.467 e. The number of methoxy groups -OCH3 is 1. The maximum atomic E-state index is 10.9. The average molecular weight is 197 g/mol. The highest BCUT2D eigenvalue weighted by Crippen LogP contribution is 2.14. The molecule has 0 saturated carbocycles. The third-order valence-corrected chi connectivity index (χ3v) is 1.73. The van der Waals surface area contributed by atoms with Crippen molar-refractivity contribution in [2.24, 2.45) is 0 Å². The summed E-state index contributed by atoms with van der Waals surface area (Å²) < 4.78 is 4.28. The molecule has 0 spiro atoms. The van der Waals surface area contributed by atoms with Gasteiger partial charge in [-0.05, 0) is 12.1 Å². The molecule has 76 valence electrons. The van der Waals surface area contributed by atoms with Gasteiger partial charge < -0.3 is 14.9 Å². The molecule has 0 aliphatic carbocycles. The average Bonchev–Trinajstić information content (AvgIpc) is 2.27. The summed E-state index contributed by atoms with van der Waals surface area (Å²) in [6.45, 7) is 0. The van der Waals surface area contributed by atoms with Crippen molar-refractivity contribution in [3.63, 3.8) is 0 Å². The highest BCUT2D eigenvalue weighted by molar-refractivity contribution is 5.75. The Morgan fingerprint density at radius 2 is 2.21 bits per heavy atom. The zero-order chi connectivity index (χ0) is 10.6. The van der Waals surface area contributed by atoms with Gasteiger partial charge >= 0.3 is 5.97 Å². The van der Waals surface area contributed by atoms with Crippen LogP contribution in [0, 0.1) is 0 Å². The minimum atomic E-state index is -1.60. The molecule has 5 nitrogen and oxygen atoms in total. The monoisotopic (exact) mass is 197 g/mol. The van der Waals surface area contributed by atoms with Crippen LogP contribution in [0.2, 0.25) is 0 Å². The molecule has 0 aliphatic heterocycles. The fourth-order valence-corrected chi connectivity index (χ4v) is 0.962. The van der Waals surface area contributed by atoms with Crippen LogP contribution >= 0.6 is 0 Å². The molecule has 0 amide bonds. The van der Waals surface area contributed by atoms with Gasteiger partial charge in [0.15, 0.2) is 6.10 Å². The van der Waals surface area contributed by atoms with Crippen LogP contribution in [0.15, 0.2) is 24.4 Å². The van der Waals surface area contributed by atoms with Crippen molar-refractivity contribution < 1.29 is 19.7 Å². The predicted molar refractivity (Wildman–Crippen MR) is 47.2 cm³/mol. The summed E-state index contributed by atoms with van der Waals surface area (Å²) in [5.74, 6) is -0.886. The van der Waals surface area contributed by atoms with Gasteiger partial charge in [-0.25, -0.2) is 4.79 Å². The molecule has 5 heteroatoms. The third-order valence-electron chi connectivity index (χ3n) is 1.73. The number of carbonyl (C=O) groups excluding carboxylic acids is 1. The number of aromatic nitrogens is 1. The van der Waals surface area contributed by atoms with Crippen LogP contribution in [-0.4, -0.2) is 34.4 Å². The molecule has 1 rings (SSSR count). The van der Waals surface area contributed by atoms with Gasteiger partial charge in [0, 0.05) is 6.20 Å². The number of pyridine rings is 1. The van der Waals surface area contributed by atoms with Crippen molar-refractivity contribution in [3.05, 3.63) is 30.1 Å². The van der Waals surface area contributed by atoms with Gasteiger partial charge in [-0.2, -0.15) is 0 Å². The molecule has 2 N–H and O–H groups in total. The van der Waals surface area contributed by atoms with Gasteiger partial charge in [0.05, 0.1) is 12.8 Å². The van der Waals surface area contributed by atoms with Crippen LogP contribution in [0.4, 0.5) is 0 Å². The first-order chi connectivity index (χ1) is 6.66. The summed E-state index contributed by atoms with van der Waals surface area (Å²) in [6, 6.07) is 4.83. The molecular formula is C9H11NO4. The van der Waals surface area contributed by atoms with E-state index in [1.165, 1.54) is 12.3 Å². The Morgan fingerprint density at radius 1 is 1.50 bits per heavy atom. The number of ether oxygens (including phenoxy) is 1. The first-order valence-electron chi connectivity index (χ1n) is 4.01. The molecule has 0 aromatic carbocycles. The number of hydrogen-bond donors (Lipinski definition) is 2. The van der Waals surface area contributed by atoms with Crippen LogP contribution in [0.1, 0.15) is 11.8 Å². The van der Waals surface area contributed by atoms with E-state index < -0.39 is 18.2 Å². The summed E-state index contributed by atoms with van der Waals surface area (Å²) in [5, 5.41) is 18.8. The lowest BCUT2D eigenvalue weighted by Gasteiger charge is -2.14. The van der Waals surface area contributed by atoms with Crippen LogP contribution in [0.3, 0.4) is 0 Å². The summed E-state index contributed by atoms with van der Waals surface area (Å²) in [6.07, 6.45) is -1.50. The smallest absolute Gasteiger partial charge is 0.337 e. The molecule has 0 aliphatic rings. The van der Waals surface area contributed by atoms with E-state index in [-0.39, 0.29) is 5.69 Å². The van der Waals surface area contributed by atoms with Gasteiger partial charge in [0.25, 0.3) is 0 Å². The Morgan fingerprint density at radius 3 is 2.71 bits per heavy atom. The maximum absolute atomic E-state index is 10.9. The largest absolute Gasteiger partial charge is 0.467 e. The Kier molecular flexibility index (Phi) is 3.55. The first-order valence-corrected chi connectivity index (χ1v) is 4.01. The number of aliphatic hydroxyl groups is 2.